The number of fused-ring (bicyclic) bond motifs is 1. The lowest BCUT2D eigenvalue weighted by Gasteiger charge is -2.14. The number of benzene rings is 1. The zero-order chi connectivity index (χ0) is 15.9. The average molecular weight is 298 g/mol. The number of terminal acetylenes is 1. The Labute approximate surface area is 128 Å². The molecule has 5 nitrogen and oxygen atoms in total. The third kappa shape index (κ3) is 3.89. The van der Waals surface area contributed by atoms with E-state index in [1.807, 2.05) is 24.3 Å². The first-order valence-electron chi connectivity index (χ1n) is 7.12. The fourth-order valence-corrected chi connectivity index (χ4v) is 2.34. The Kier molecular flexibility index (Phi) is 5.21. The molecular weight excluding hydrogens is 280 g/mol. The van der Waals surface area contributed by atoms with Crippen LogP contribution in [0.3, 0.4) is 0 Å². The maximum Gasteiger partial charge on any atom is 0.326 e. The van der Waals surface area contributed by atoms with Gasteiger partial charge in [0.25, 0.3) is 0 Å². The summed E-state index contributed by atoms with van der Waals surface area (Å²) in [5.41, 5.74) is 1.81. The zero-order valence-corrected chi connectivity index (χ0v) is 12.1. The van der Waals surface area contributed by atoms with Crippen molar-refractivity contribution < 1.29 is 14.7 Å². The molecule has 0 saturated carbocycles. The van der Waals surface area contributed by atoms with Crippen LogP contribution in [0.15, 0.2) is 30.5 Å². The van der Waals surface area contributed by atoms with Crippen molar-refractivity contribution in [1.82, 2.24) is 10.3 Å². The lowest BCUT2D eigenvalue weighted by atomic mass is 10.0. The van der Waals surface area contributed by atoms with Gasteiger partial charge >= 0.3 is 5.97 Å². The minimum atomic E-state index is -1.05. The summed E-state index contributed by atoms with van der Waals surface area (Å²) in [6.07, 6.45) is 8.45. The van der Waals surface area contributed by atoms with Gasteiger partial charge in [-0.1, -0.05) is 18.2 Å². The molecule has 114 valence electrons. The highest BCUT2D eigenvalue weighted by molar-refractivity contribution is 5.86. The summed E-state index contributed by atoms with van der Waals surface area (Å²) >= 11 is 0. The second-order valence-electron chi connectivity index (χ2n) is 5.08. The Bertz CT molecular complexity index is 712. The van der Waals surface area contributed by atoms with E-state index >= 15 is 0 Å². The smallest absolute Gasteiger partial charge is 0.326 e. The number of unbranched alkanes of at least 4 members (excludes halogenated alkanes) is 1. The predicted molar refractivity (Wildman–Crippen MR) is 84.3 cm³/mol. The second kappa shape index (κ2) is 7.32. The maximum absolute atomic E-state index is 11.8. The molecule has 1 aromatic carbocycles. The minimum absolute atomic E-state index is 0.236. The zero-order valence-electron chi connectivity index (χ0n) is 12.1. The van der Waals surface area contributed by atoms with E-state index < -0.39 is 12.0 Å². The fraction of sp³-hybridized carbons (Fsp3) is 0.294. The highest BCUT2D eigenvalue weighted by Crippen LogP contribution is 2.19. The van der Waals surface area contributed by atoms with E-state index in [4.69, 9.17) is 6.42 Å². The number of aromatic amines is 1. The van der Waals surface area contributed by atoms with Crippen LogP contribution < -0.4 is 5.32 Å². The number of rotatable bonds is 7. The first kappa shape index (κ1) is 15.6. The van der Waals surface area contributed by atoms with Crippen LogP contribution >= 0.6 is 0 Å². The average Bonchev–Trinajstić information content (AvgIpc) is 2.90. The van der Waals surface area contributed by atoms with Crippen molar-refractivity contribution >= 4 is 22.8 Å². The number of H-pyrrole nitrogens is 1. The Balaban J connectivity index is 2.04. The first-order chi connectivity index (χ1) is 10.6. The van der Waals surface area contributed by atoms with E-state index in [9.17, 15) is 14.7 Å². The highest BCUT2D eigenvalue weighted by atomic mass is 16.4. The van der Waals surface area contributed by atoms with Crippen LogP contribution in [0.5, 0.6) is 0 Å². The van der Waals surface area contributed by atoms with Crippen molar-refractivity contribution in [3.05, 3.63) is 36.0 Å². The van der Waals surface area contributed by atoms with Crippen molar-refractivity contribution in [3.63, 3.8) is 0 Å². The molecule has 0 saturated heterocycles. The number of para-hydroxylation sites is 1. The summed E-state index contributed by atoms with van der Waals surface area (Å²) < 4.78 is 0. The number of hydrogen-bond donors (Lipinski definition) is 3. The van der Waals surface area contributed by atoms with Gasteiger partial charge in [-0.3, -0.25) is 4.79 Å². The van der Waals surface area contributed by atoms with Gasteiger partial charge in [0.15, 0.2) is 0 Å². The van der Waals surface area contributed by atoms with Crippen LogP contribution in [0.4, 0.5) is 0 Å². The molecule has 1 aromatic heterocycles. The maximum atomic E-state index is 11.8. The fourth-order valence-electron chi connectivity index (χ4n) is 2.34. The van der Waals surface area contributed by atoms with Crippen molar-refractivity contribution in [2.24, 2.45) is 0 Å². The van der Waals surface area contributed by atoms with Crippen LogP contribution in [0.1, 0.15) is 24.8 Å². The van der Waals surface area contributed by atoms with Gasteiger partial charge in [-0.25, -0.2) is 4.79 Å². The predicted octanol–water partition coefficient (Wildman–Crippen LogP) is 2.08. The Morgan fingerprint density at radius 2 is 2.14 bits per heavy atom. The molecule has 0 fully saturated rings. The van der Waals surface area contributed by atoms with Crippen LogP contribution in [-0.4, -0.2) is 28.0 Å². The van der Waals surface area contributed by atoms with Crippen LogP contribution in [0.2, 0.25) is 0 Å². The van der Waals surface area contributed by atoms with Crippen molar-refractivity contribution in [3.8, 4) is 12.3 Å². The molecule has 1 amide bonds. The van der Waals surface area contributed by atoms with Crippen LogP contribution in [0, 0.1) is 12.3 Å². The van der Waals surface area contributed by atoms with E-state index in [1.54, 1.807) is 6.20 Å². The van der Waals surface area contributed by atoms with Gasteiger partial charge in [0.2, 0.25) is 5.91 Å². The topological polar surface area (TPSA) is 82.2 Å². The molecule has 5 heteroatoms. The first-order valence-corrected chi connectivity index (χ1v) is 7.12. The van der Waals surface area contributed by atoms with Gasteiger partial charge in [0.05, 0.1) is 0 Å². The Morgan fingerprint density at radius 1 is 1.36 bits per heavy atom. The van der Waals surface area contributed by atoms with Gasteiger partial charge in [-0.15, -0.1) is 12.3 Å². The number of aromatic nitrogens is 1. The molecule has 0 radical (unpaired) electrons. The van der Waals surface area contributed by atoms with Crippen LogP contribution in [0.25, 0.3) is 10.9 Å². The number of carbonyl (C=O) groups excluding carboxylic acids is 1. The van der Waals surface area contributed by atoms with E-state index in [2.05, 4.69) is 16.2 Å². The molecule has 2 aromatic rings. The lowest BCUT2D eigenvalue weighted by molar-refractivity contribution is -0.141. The van der Waals surface area contributed by atoms with E-state index in [0.717, 1.165) is 16.5 Å². The largest absolute Gasteiger partial charge is 0.480 e. The molecule has 1 unspecified atom stereocenters. The third-order valence-corrected chi connectivity index (χ3v) is 3.46. The number of aliphatic carboxylic acids is 1. The quantitative estimate of drug-likeness (QED) is 0.540. The molecule has 2 rings (SSSR count). The SMILES string of the molecule is C#CCCCC(=O)NC(Cc1c[nH]c2ccccc12)C(=O)O. The number of amides is 1. The Morgan fingerprint density at radius 3 is 2.86 bits per heavy atom. The molecule has 0 spiro atoms. The number of nitrogens with one attached hydrogen (secondary N) is 2. The summed E-state index contributed by atoms with van der Waals surface area (Å²) in [6, 6.07) is 6.71. The molecular formula is C17H18N2O3. The third-order valence-electron chi connectivity index (χ3n) is 3.46. The normalized spacial score (nSPS) is 11.8. The summed E-state index contributed by atoms with van der Waals surface area (Å²) in [6.45, 7) is 0. The standard InChI is InChI=1S/C17H18N2O3/c1-2-3-4-9-16(20)19-15(17(21)22)10-12-11-18-14-8-6-5-7-13(12)14/h1,5-8,11,15,18H,3-4,9-10H2,(H,19,20)(H,21,22). The van der Waals surface area contributed by atoms with Gasteiger partial charge < -0.3 is 15.4 Å². The molecule has 0 bridgehead atoms. The van der Waals surface area contributed by atoms with Crippen LogP contribution in [-0.2, 0) is 16.0 Å². The van der Waals surface area contributed by atoms with E-state index in [0.29, 0.717) is 12.8 Å². The molecule has 0 aliphatic heterocycles. The van der Waals surface area contributed by atoms with Gasteiger partial charge in [-0.05, 0) is 18.1 Å². The highest BCUT2D eigenvalue weighted by Gasteiger charge is 2.21. The van der Waals surface area contributed by atoms with Crippen molar-refractivity contribution in [1.29, 1.82) is 0 Å². The van der Waals surface area contributed by atoms with E-state index in [-0.39, 0.29) is 18.7 Å². The second-order valence-corrected chi connectivity index (χ2v) is 5.08. The summed E-state index contributed by atoms with van der Waals surface area (Å²) in [4.78, 5) is 26.2. The summed E-state index contributed by atoms with van der Waals surface area (Å²) in [5, 5.41) is 12.8. The number of carbonyl (C=O) groups is 2. The number of hydrogen-bond acceptors (Lipinski definition) is 2. The lowest BCUT2D eigenvalue weighted by Crippen LogP contribution is -2.42. The van der Waals surface area contributed by atoms with Crippen molar-refractivity contribution in [2.75, 3.05) is 0 Å². The molecule has 22 heavy (non-hydrogen) atoms. The summed E-state index contributed by atoms with van der Waals surface area (Å²) in [7, 11) is 0. The van der Waals surface area contributed by atoms with Gasteiger partial charge in [0.1, 0.15) is 6.04 Å². The van der Waals surface area contributed by atoms with Crippen molar-refractivity contribution in [2.45, 2.75) is 31.7 Å². The number of carboxylic acids is 1. The minimum Gasteiger partial charge on any atom is -0.480 e. The van der Waals surface area contributed by atoms with Gasteiger partial charge in [-0.2, -0.15) is 0 Å². The summed E-state index contributed by atoms with van der Waals surface area (Å²) in [5.74, 6) is 1.12. The monoisotopic (exact) mass is 298 g/mol. The molecule has 3 N–H and O–H groups in total. The van der Waals surface area contributed by atoms with Gasteiger partial charge in [0, 0.05) is 36.4 Å². The van der Waals surface area contributed by atoms with E-state index in [1.165, 1.54) is 0 Å². The Hall–Kier alpha value is -2.74. The molecule has 0 aliphatic rings. The number of carboxylic acid groups (broad SMARTS) is 1. The molecule has 1 atom stereocenters. The molecule has 0 aliphatic carbocycles. The molecule has 1 heterocycles.